The first-order chi connectivity index (χ1) is 11.0. The minimum atomic E-state index is -0.254. The largest absolute Gasteiger partial charge is 0.459 e. The van der Waals surface area contributed by atoms with E-state index < -0.39 is 0 Å². The number of furan rings is 1. The molecule has 1 saturated heterocycles. The van der Waals surface area contributed by atoms with Crippen molar-refractivity contribution in [1.29, 1.82) is 0 Å². The van der Waals surface area contributed by atoms with Crippen molar-refractivity contribution < 1.29 is 14.0 Å². The van der Waals surface area contributed by atoms with Crippen LogP contribution in [0, 0.1) is 5.92 Å². The number of amides is 2. The maximum atomic E-state index is 12.7. The van der Waals surface area contributed by atoms with Gasteiger partial charge in [-0.3, -0.25) is 9.59 Å². The molecule has 1 aromatic heterocycles. The van der Waals surface area contributed by atoms with Gasteiger partial charge in [-0.2, -0.15) is 0 Å². The number of rotatable bonds is 3. The molecule has 5 heteroatoms. The first-order valence-electron chi connectivity index (χ1n) is 8.00. The zero-order valence-corrected chi connectivity index (χ0v) is 13.7. The van der Waals surface area contributed by atoms with Crippen LogP contribution in [0.3, 0.4) is 0 Å². The van der Waals surface area contributed by atoms with E-state index in [9.17, 15) is 9.59 Å². The number of nitrogens with one attached hydrogen (secondary N) is 1. The number of hydrogen-bond donors (Lipinski definition) is 1. The fraction of sp³-hybridized carbons (Fsp3) is 0.444. The van der Waals surface area contributed by atoms with E-state index in [1.807, 2.05) is 44.2 Å². The lowest BCUT2D eigenvalue weighted by Crippen LogP contribution is -2.46. The molecule has 0 bridgehead atoms. The van der Waals surface area contributed by atoms with E-state index in [2.05, 4.69) is 5.32 Å². The molecule has 0 saturated carbocycles. The summed E-state index contributed by atoms with van der Waals surface area (Å²) >= 11 is 0. The number of fused-ring (bicyclic) bond motifs is 1. The number of nitrogens with zero attached hydrogens (tertiary/aromatic N) is 1. The smallest absolute Gasteiger partial charge is 0.226 e. The van der Waals surface area contributed by atoms with E-state index >= 15 is 0 Å². The van der Waals surface area contributed by atoms with Crippen molar-refractivity contribution in [3.8, 4) is 0 Å². The number of benzene rings is 1. The molecular weight excluding hydrogens is 292 g/mol. The highest BCUT2D eigenvalue weighted by Gasteiger charge is 2.33. The molecule has 3 atom stereocenters. The Morgan fingerprint density at radius 1 is 1.39 bits per heavy atom. The summed E-state index contributed by atoms with van der Waals surface area (Å²) in [7, 11) is 1.78. The normalized spacial score (nSPS) is 22.7. The Hall–Kier alpha value is -2.30. The van der Waals surface area contributed by atoms with Gasteiger partial charge >= 0.3 is 0 Å². The second-order valence-corrected chi connectivity index (χ2v) is 6.42. The molecule has 122 valence electrons. The Morgan fingerprint density at radius 3 is 2.83 bits per heavy atom. The predicted molar refractivity (Wildman–Crippen MR) is 87.7 cm³/mol. The molecule has 1 fully saturated rings. The van der Waals surface area contributed by atoms with Gasteiger partial charge in [0.1, 0.15) is 11.3 Å². The quantitative estimate of drug-likeness (QED) is 0.947. The SMILES string of the molecule is C[C@@H]1C[C@@H](C(=O)N(C)[C@@H](C)c2cc3ccccc3o2)CC(=O)N1. The predicted octanol–water partition coefficient (Wildman–Crippen LogP) is 2.87. The van der Waals surface area contributed by atoms with Crippen molar-refractivity contribution in [2.45, 2.75) is 38.8 Å². The Kier molecular flexibility index (Phi) is 4.11. The Morgan fingerprint density at radius 2 is 2.13 bits per heavy atom. The summed E-state index contributed by atoms with van der Waals surface area (Å²) < 4.78 is 5.86. The van der Waals surface area contributed by atoms with Gasteiger partial charge in [0.15, 0.2) is 0 Å². The summed E-state index contributed by atoms with van der Waals surface area (Å²) in [5, 5.41) is 3.88. The van der Waals surface area contributed by atoms with Crippen LogP contribution in [0.25, 0.3) is 11.0 Å². The number of carbonyl (C=O) groups excluding carboxylic acids is 2. The van der Waals surface area contributed by atoms with Crippen molar-refractivity contribution in [3.63, 3.8) is 0 Å². The molecule has 1 aromatic carbocycles. The van der Waals surface area contributed by atoms with Gasteiger partial charge in [0.2, 0.25) is 11.8 Å². The molecule has 0 radical (unpaired) electrons. The standard InChI is InChI=1S/C18H22N2O3/c1-11-8-14(10-17(21)19-11)18(22)20(3)12(2)16-9-13-6-4-5-7-15(13)23-16/h4-7,9,11-12,14H,8,10H2,1-3H3,(H,19,21)/t11-,12+,14-/m1/s1. The van der Waals surface area contributed by atoms with Gasteiger partial charge in [-0.1, -0.05) is 18.2 Å². The van der Waals surface area contributed by atoms with E-state index in [4.69, 9.17) is 4.42 Å². The number of para-hydroxylation sites is 1. The summed E-state index contributed by atoms with van der Waals surface area (Å²) in [6.07, 6.45) is 0.947. The molecule has 1 aliphatic rings. The molecule has 5 nitrogen and oxygen atoms in total. The first kappa shape index (κ1) is 15.6. The van der Waals surface area contributed by atoms with Crippen molar-refractivity contribution in [2.75, 3.05) is 7.05 Å². The second kappa shape index (κ2) is 6.07. The average Bonchev–Trinajstić information content (AvgIpc) is 2.95. The molecule has 23 heavy (non-hydrogen) atoms. The second-order valence-electron chi connectivity index (χ2n) is 6.42. The van der Waals surface area contributed by atoms with E-state index in [0.29, 0.717) is 6.42 Å². The van der Waals surface area contributed by atoms with E-state index in [-0.39, 0.29) is 36.2 Å². The molecule has 3 rings (SSSR count). The molecule has 1 aliphatic heterocycles. The van der Waals surface area contributed by atoms with Crippen LogP contribution in [-0.4, -0.2) is 29.8 Å². The fourth-order valence-corrected chi connectivity index (χ4v) is 3.19. The van der Waals surface area contributed by atoms with Crippen LogP contribution in [0.2, 0.25) is 0 Å². The van der Waals surface area contributed by atoms with E-state index in [1.54, 1.807) is 11.9 Å². The van der Waals surface area contributed by atoms with E-state index in [0.717, 1.165) is 16.7 Å². The third kappa shape index (κ3) is 3.09. The molecule has 2 aromatic rings. The van der Waals surface area contributed by atoms with Crippen molar-refractivity contribution in [2.24, 2.45) is 5.92 Å². The van der Waals surface area contributed by atoms with Gasteiger partial charge in [-0.05, 0) is 32.4 Å². The monoisotopic (exact) mass is 314 g/mol. The lowest BCUT2D eigenvalue weighted by Gasteiger charge is -2.32. The topological polar surface area (TPSA) is 62.6 Å². The van der Waals surface area contributed by atoms with Gasteiger partial charge in [-0.15, -0.1) is 0 Å². The third-order valence-corrected chi connectivity index (χ3v) is 4.61. The highest BCUT2D eigenvalue weighted by atomic mass is 16.3. The van der Waals surface area contributed by atoms with Crippen LogP contribution < -0.4 is 5.32 Å². The lowest BCUT2D eigenvalue weighted by molar-refractivity contribution is -0.141. The van der Waals surface area contributed by atoms with Crippen molar-refractivity contribution in [1.82, 2.24) is 10.2 Å². The zero-order valence-electron chi connectivity index (χ0n) is 13.7. The van der Waals surface area contributed by atoms with Crippen LogP contribution >= 0.6 is 0 Å². The van der Waals surface area contributed by atoms with Gasteiger partial charge in [0.25, 0.3) is 0 Å². The van der Waals surface area contributed by atoms with Gasteiger partial charge in [0, 0.05) is 30.8 Å². The number of piperidine rings is 1. The third-order valence-electron chi connectivity index (χ3n) is 4.61. The molecule has 0 aliphatic carbocycles. The van der Waals surface area contributed by atoms with Gasteiger partial charge in [0.05, 0.1) is 6.04 Å². The minimum Gasteiger partial charge on any atom is -0.459 e. The molecule has 0 unspecified atom stereocenters. The highest BCUT2D eigenvalue weighted by molar-refractivity contribution is 5.87. The first-order valence-corrected chi connectivity index (χ1v) is 8.00. The van der Waals surface area contributed by atoms with Gasteiger partial charge in [-0.25, -0.2) is 0 Å². The highest BCUT2D eigenvalue weighted by Crippen LogP contribution is 2.29. The molecule has 2 heterocycles. The Labute approximate surface area is 135 Å². The molecule has 0 spiro atoms. The van der Waals surface area contributed by atoms with Crippen molar-refractivity contribution in [3.05, 3.63) is 36.1 Å². The summed E-state index contributed by atoms with van der Waals surface area (Å²) in [6.45, 7) is 3.88. The van der Waals surface area contributed by atoms with E-state index in [1.165, 1.54) is 0 Å². The van der Waals surface area contributed by atoms with Crippen molar-refractivity contribution >= 4 is 22.8 Å². The molecular formula is C18H22N2O3. The number of hydrogen-bond acceptors (Lipinski definition) is 3. The summed E-state index contributed by atoms with van der Waals surface area (Å²) in [5.41, 5.74) is 0.820. The van der Waals surface area contributed by atoms with Crippen LogP contribution in [0.15, 0.2) is 34.7 Å². The summed E-state index contributed by atoms with van der Waals surface area (Å²) in [6, 6.07) is 9.64. The molecule has 2 amide bonds. The lowest BCUT2D eigenvalue weighted by atomic mass is 9.91. The fourth-order valence-electron chi connectivity index (χ4n) is 3.19. The van der Waals surface area contributed by atoms with Crippen LogP contribution in [0.4, 0.5) is 0 Å². The zero-order chi connectivity index (χ0) is 16.6. The Balaban J connectivity index is 1.77. The maximum Gasteiger partial charge on any atom is 0.226 e. The van der Waals surface area contributed by atoms with Crippen LogP contribution in [-0.2, 0) is 9.59 Å². The van der Waals surface area contributed by atoms with Crippen LogP contribution in [0.1, 0.15) is 38.5 Å². The van der Waals surface area contributed by atoms with Crippen LogP contribution in [0.5, 0.6) is 0 Å². The maximum absolute atomic E-state index is 12.7. The molecule has 1 N–H and O–H groups in total. The summed E-state index contributed by atoms with van der Waals surface area (Å²) in [5.74, 6) is 0.456. The minimum absolute atomic E-state index is 0.000318. The van der Waals surface area contributed by atoms with Gasteiger partial charge < -0.3 is 14.6 Å². The summed E-state index contributed by atoms with van der Waals surface area (Å²) in [4.78, 5) is 26.1. The number of carbonyl (C=O) groups is 2. The Bertz CT molecular complexity index is 704. The average molecular weight is 314 g/mol.